The van der Waals surface area contributed by atoms with Crippen molar-refractivity contribution in [3.63, 3.8) is 0 Å². The van der Waals surface area contributed by atoms with Gasteiger partial charge in [0, 0.05) is 92.9 Å². The molecule has 0 spiro atoms. The van der Waals surface area contributed by atoms with E-state index in [1.54, 1.807) is 23.9 Å². The maximum Gasteiger partial charge on any atom is 0.293 e. The number of sulfonamides is 1. The Morgan fingerprint density at radius 2 is 1.56 bits per heavy atom. The predicted octanol–water partition coefficient (Wildman–Crippen LogP) is 6.94. The van der Waals surface area contributed by atoms with Gasteiger partial charge in [-0.15, -0.1) is 11.8 Å². The van der Waals surface area contributed by atoms with Gasteiger partial charge in [-0.1, -0.05) is 54.6 Å². The van der Waals surface area contributed by atoms with Crippen LogP contribution in [0.3, 0.4) is 0 Å². The lowest BCUT2D eigenvalue weighted by Gasteiger charge is -2.36. The monoisotopic (exact) mass is 907 g/mol. The van der Waals surface area contributed by atoms with Crippen molar-refractivity contribution in [2.24, 2.45) is 0 Å². The summed E-state index contributed by atoms with van der Waals surface area (Å²) in [6.45, 7) is 9.31. The lowest BCUT2D eigenvalue weighted by atomic mass is 9.99. The summed E-state index contributed by atoms with van der Waals surface area (Å²) in [4.78, 5) is 34.8. The Hall–Kier alpha value is -5.49. The smallest absolute Gasteiger partial charge is 0.293 e. The third-order valence-corrected chi connectivity index (χ3v) is 13.9. The van der Waals surface area contributed by atoms with E-state index in [4.69, 9.17) is 9.47 Å². The van der Waals surface area contributed by atoms with Gasteiger partial charge in [-0.25, -0.2) is 13.1 Å². The summed E-state index contributed by atoms with van der Waals surface area (Å²) in [5.41, 5.74) is 4.49. The van der Waals surface area contributed by atoms with Crippen LogP contribution >= 0.6 is 11.8 Å². The highest BCUT2D eigenvalue weighted by Gasteiger charge is 2.26. The van der Waals surface area contributed by atoms with E-state index in [0.29, 0.717) is 32.0 Å². The minimum atomic E-state index is -4.45. The van der Waals surface area contributed by atoms with E-state index in [-0.39, 0.29) is 22.2 Å². The highest BCUT2D eigenvalue weighted by atomic mass is 32.2. The molecule has 1 amide bonds. The van der Waals surface area contributed by atoms with Gasteiger partial charge < -0.3 is 24.6 Å². The van der Waals surface area contributed by atoms with Crippen molar-refractivity contribution < 1.29 is 27.6 Å². The first-order valence-corrected chi connectivity index (χ1v) is 24.1. The Balaban J connectivity index is 0.934. The lowest BCUT2D eigenvalue weighted by Crippen LogP contribution is -2.46. The minimum Gasteiger partial charge on any atom is -0.492 e. The molecule has 2 saturated heterocycles. The van der Waals surface area contributed by atoms with Crippen LogP contribution < -0.4 is 19.7 Å². The summed E-state index contributed by atoms with van der Waals surface area (Å²) in [6.07, 6.45) is 0.710. The van der Waals surface area contributed by atoms with Crippen molar-refractivity contribution in [3.05, 3.63) is 143 Å². The van der Waals surface area contributed by atoms with Crippen LogP contribution in [0.1, 0.15) is 22.3 Å². The van der Waals surface area contributed by atoms with E-state index in [1.165, 1.54) is 23.3 Å². The van der Waals surface area contributed by atoms with Crippen LogP contribution in [0, 0.1) is 10.1 Å². The molecule has 5 aromatic carbocycles. The Labute approximate surface area is 380 Å². The van der Waals surface area contributed by atoms with Crippen LogP contribution in [-0.4, -0.2) is 132 Å². The molecule has 2 fully saturated rings. The molecular weight excluding hydrogens is 851 g/mol. The van der Waals surface area contributed by atoms with Crippen LogP contribution in [0.5, 0.6) is 5.75 Å². The second kappa shape index (κ2) is 22.4. The van der Waals surface area contributed by atoms with Gasteiger partial charge >= 0.3 is 0 Å². The van der Waals surface area contributed by atoms with Crippen LogP contribution in [0.25, 0.3) is 11.1 Å². The van der Waals surface area contributed by atoms with Gasteiger partial charge in [0.1, 0.15) is 18.0 Å². The van der Waals surface area contributed by atoms with Gasteiger partial charge in [0.25, 0.3) is 21.6 Å². The van der Waals surface area contributed by atoms with Crippen molar-refractivity contribution in [2.45, 2.75) is 28.8 Å². The van der Waals surface area contributed by atoms with Crippen LogP contribution in [0.2, 0.25) is 0 Å². The molecule has 2 N–H and O–H groups in total. The number of nitro groups is 1. The number of carbonyl (C=O) groups excluding carboxylic acids is 1. The number of nitrogens with one attached hydrogen (secondary N) is 2. The molecule has 0 aliphatic carbocycles. The summed E-state index contributed by atoms with van der Waals surface area (Å²) in [6, 6.07) is 37.0. The molecule has 2 aliphatic heterocycles. The predicted molar refractivity (Wildman–Crippen MR) is 254 cm³/mol. The first-order valence-electron chi connectivity index (χ1n) is 21.6. The number of thioether (sulfide) groups is 1. The largest absolute Gasteiger partial charge is 0.492 e. The molecule has 2 heterocycles. The molecule has 1 atom stereocenters. The topological polar surface area (TPSA) is 150 Å². The molecule has 0 saturated carbocycles. The molecule has 64 heavy (non-hydrogen) atoms. The first-order chi connectivity index (χ1) is 31.0. The maximum atomic E-state index is 13.5. The number of nitrogens with zero attached hydrogens (tertiary/aromatic N) is 5. The Bertz CT molecular complexity index is 2410. The Kier molecular flexibility index (Phi) is 16.3. The van der Waals surface area contributed by atoms with E-state index in [9.17, 15) is 23.3 Å². The number of likely N-dealkylation sites (N-methyl/N-ethyl adjacent to an activating group) is 1. The summed E-state index contributed by atoms with van der Waals surface area (Å²) in [7, 11) is -0.395. The summed E-state index contributed by atoms with van der Waals surface area (Å²) in [5.74, 6) is 0.665. The molecule has 5 aromatic rings. The number of nitro benzene ring substituents is 1. The zero-order valence-corrected chi connectivity index (χ0v) is 38.1. The molecule has 2 aliphatic rings. The SMILES string of the molecule is CN(C)CCOc1ccc(-c2ccccc2CN2CCN(c3ccc(C(=O)NS(=O)(=O)c4ccc(N[C@H](CCN5CCOCC5)CSc5ccccc5)c([N+](=O)[O-])c4)cc3)CC2)cc1. The maximum absolute atomic E-state index is 13.5. The highest BCUT2D eigenvalue weighted by Crippen LogP contribution is 2.31. The second-order valence-corrected chi connectivity index (χ2v) is 19.0. The van der Waals surface area contributed by atoms with Crippen LogP contribution in [0.4, 0.5) is 17.1 Å². The molecule has 14 nitrogen and oxygen atoms in total. The minimum absolute atomic E-state index is 0.155. The fourth-order valence-electron chi connectivity index (χ4n) is 7.73. The quantitative estimate of drug-likeness (QED) is 0.0473. The highest BCUT2D eigenvalue weighted by molar-refractivity contribution is 7.99. The van der Waals surface area contributed by atoms with Gasteiger partial charge in [0.2, 0.25) is 0 Å². The Morgan fingerprint density at radius 1 is 0.859 bits per heavy atom. The number of anilines is 2. The van der Waals surface area contributed by atoms with Gasteiger partial charge in [-0.2, -0.15) is 0 Å². The van der Waals surface area contributed by atoms with E-state index >= 15 is 0 Å². The van der Waals surface area contributed by atoms with Crippen molar-refractivity contribution in [1.29, 1.82) is 0 Å². The average molecular weight is 908 g/mol. The zero-order valence-electron chi connectivity index (χ0n) is 36.4. The summed E-state index contributed by atoms with van der Waals surface area (Å²) >= 11 is 1.64. The van der Waals surface area contributed by atoms with Gasteiger partial charge in [-0.05, 0) is 97.9 Å². The molecule has 0 unspecified atom stereocenters. The molecule has 0 radical (unpaired) electrons. The van der Waals surface area contributed by atoms with Gasteiger partial charge in [0.15, 0.2) is 0 Å². The number of morpholine rings is 1. The normalized spacial score (nSPS) is 15.5. The van der Waals surface area contributed by atoms with Gasteiger partial charge in [0.05, 0.1) is 23.0 Å². The number of carbonyl (C=O) groups is 1. The molecule has 0 aromatic heterocycles. The molecule has 338 valence electrons. The van der Waals surface area contributed by atoms with Crippen molar-refractivity contribution in [1.82, 2.24) is 19.4 Å². The lowest BCUT2D eigenvalue weighted by molar-refractivity contribution is -0.384. The fourth-order valence-corrected chi connectivity index (χ4v) is 9.72. The number of ether oxygens (including phenoxy) is 2. The first kappa shape index (κ1) is 46.5. The number of benzene rings is 5. The molecule has 7 rings (SSSR count). The fraction of sp³-hybridized carbons (Fsp3) is 0.354. The third kappa shape index (κ3) is 13.1. The van der Waals surface area contributed by atoms with Crippen molar-refractivity contribution in [2.75, 3.05) is 102 Å². The van der Waals surface area contributed by atoms with Crippen molar-refractivity contribution >= 4 is 44.8 Å². The number of hydrogen-bond donors (Lipinski definition) is 2. The van der Waals surface area contributed by atoms with Crippen LogP contribution in [0.15, 0.2) is 131 Å². The third-order valence-electron chi connectivity index (χ3n) is 11.4. The van der Waals surface area contributed by atoms with Crippen molar-refractivity contribution in [3.8, 4) is 16.9 Å². The van der Waals surface area contributed by atoms with E-state index in [0.717, 1.165) is 86.9 Å². The Morgan fingerprint density at radius 3 is 2.27 bits per heavy atom. The van der Waals surface area contributed by atoms with E-state index in [1.807, 2.05) is 68.7 Å². The number of piperazine rings is 1. The molecular formula is C48H57N7O7S2. The molecule has 0 bridgehead atoms. The number of rotatable bonds is 20. The average Bonchev–Trinajstić information content (AvgIpc) is 3.31. The number of hydrogen-bond acceptors (Lipinski definition) is 13. The zero-order chi connectivity index (χ0) is 44.9. The number of amides is 1. The second-order valence-electron chi connectivity index (χ2n) is 16.2. The standard InChI is InChI=1S/C48H57N7O7S2/c1-51(2)28-33-62-42-18-14-37(15-19-42)45-11-7-6-8-39(45)35-53-24-26-54(27-25-53)41-16-12-38(13-17-41)48(56)50-64(59,60)44-20-21-46(47(34-44)55(57)58)49-40(22-23-52-29-31-61-32-30-52)36-63-43-9-4-3-5-10-43/h3-21,34,40,49H,22-33,35-36H2,1-2H3,(H,50,56)/t40-/m1/s1. The van der Waals surface area contributed by atoms with E-state index in [2.05, 4.69) is 66.0 Å². The van der Waals surface area contributed by atoms with Crippen LogP contribution in [-0.2, 0) is 21.3 Å². The van der Waals surface area contributed by atoms with Gasteiger partial charge in [-0.3, -0.25) is 24.7 Å². The van der Waals surface area contributed by atoms with E-state index < -0.39 is 26.5 Å². The molecule has 16 heteroatoms. The summed E-state index contributed by atoms with van der Waals surface area (Å²) < 4.78 is 40.5. The summed E-state index contributed by atoms with van der Waals surface area (Å²) in [5, 5.41) is 15.7.